The van der Waals surface area contributed by atoms with Gasteiger partial charge in [-0.05, 0) is 37.1 Å². The third-order valence-corrected chi connectivity index (χ3v) is 8.84. The summed E-state index contributed by atoms with van der Waals surface area (Å²) in [5, 5.41) is 13.3. The van der Waals surface area contributed by atoms with Gasteiger partial charge >= 0.3 is 0 Å². The molecule has 1 aromatic carbocycles. The van der Waals surface area contributed by atoms with Crippen molar-refractivity contribution in [3.63, 3.8) is 0 Å². The molecule has 6 rings (SSSR count). The Morgan fingerprint density at radius 1 is 0.978 bits per heavy atom. The number of carbonyl (C=O) groups is 1. The summed E-state index contributed by atoms with van der Waals surface area (Å²) in [4.78, 5) is 24.9. The Kier molecular flexibility index (Phi) is 10.3. The number of halogens is 3. The van der Waals surface area contributed by atoms with Crippen molar-refractivity contribution >= 4 is 40.6 Å². The highest BCUT2D eigenvalue weighted by molar-refractivity contribution is 6.39. The number of rotatable bonds is 13. The van der Waals surface area contributed by atoms with Crippen molar-refractivity contribution in [2.45, 2.75) is 44.5 Å². The maximum atomic E-state index is 15.4. The number of aromatic nitrogens is 3. The van der Waals surface area contributed by atoms with E-state index >= 15 is 4.39 Å². The molecule has 13 heteroatoms. The second-order valence-electron chi connectivity index (χ2n) is 11.2. The molecule has 0 aliphatic carbocycles. The van der Waals surface area contributed by atoms with Crippen LogP contribution in [0.4, 0.5) is 15.9 Å². The fraction of sp³-hybridized carbons (Fsp3) is 0.333. The summed E-state index contributed by atoms with van der Waals surface area (Å²) in [6.07, 6.45) is 5.76. The number of hydrogen-bond acceptors (Lipinski definition) is 9. The standard InChI is InChI=1S/C33H34Cl2FN7O3/c1-45-33-20(16-37-17-21-6-8-27(44)41-21)5-7-25(43-33)23-10-13-39-31(29(23)35)24-3-2-4-26(28(24)34)42-32-30(36)19(9-12-40-32)15-38-18-22-11-14-46-22/h2-5,7,9-10,12-13,21-22,37-38H,6,8,11,14-18H2,1H3,(H,40,42)(H,41,44)/t21-,22+/m1/s1. The van der Waals surface area contributed by atoms with Crippen LogP contribution in [-0.4, -0.2) is 59.8 Å². The van der Waals surface area contributed by atoms with Gasteiger partial charge in [-0.25, -0.2) is 14.4 Å². The maximum absolute atomic E-state index is 15.4. The smallest absolute Gasteiger partial charge is 0.220 e. The zero-order valence-electron chi connectivity index (χ0n) is 25.2. The minimum Gasteiger partial charge on any atom is -0.481 e. The van der Waals surface area contributed by atoms with Gasteiger partial charge in [0.05, 0.1) is 40.3 Å². The number of hydrogen-bond donors (Lipinski definition) is 4. The first kappa shape index (κ1) is 32.1. The SMILES string of the molecule is COc1nc(-c2ccnc(-c3cccc(Nc4nccc(CNC[C@@H]5CCO5)c4F)c3Cl)c2Cl)ccc1CNC[C@H]1CCC(=O)N1. The predicted octanol–water partition coefficient (Wildman–Crippen LogP) is 5.65. The van der Waals surface area contributed by atoms with Crippen LogP contribution in [0.1, 0.15) is 30.4 Å². The summed E-state index contributed by atoms with van der Waals surface area (Å²) in [5.74, 6) is 0.142. The van der Waals surface area contributed by atoms with Gasteiger partial charge in [0, 0.05) is 79.9 Å². The number of pyridine rings is 3. The molecule has 0 bridgehead atoms. The van der Waals surface area contributed by atoms with Crippen molar-refractivity contribution in [3.05, 3.63) is 81.8 Å². The van der Waals surface area contributed by atoms with E-state index in [1.807, 2.05) is 12.1 Å². The number of amides is 1. The van der Waals surface area contributed by atoms with Gasteiger partial charge in [-0.15, -0.1) is 0 Å². The minimum absolute atomic E-state index is 0.0601. The lowest BCUT2D eigenvalue weighted by Crippen LogP contribution is -2.37. The molecule has 5 heterocycles. The molecule has 0 saturated carbocycles. The molecule has 4 aromatic rings. The average Bonchev–Trinajstić information content (AvgIpc) is 3.46. The van der Waals surface area contributed by atoms with Crippen molar-refractivity contribution in [1.82, 2.24) is 30.9 Å². The van der Waals surface area contributed by atoms with E-state index in [1.165, 1.54) is 0 Å². The third kappa shape index (κ3) is 7.24. The first-order valence-electron chi connectivity index (χ1n) is 15.1. The molecule has 240 valence electrons. The Morgan fingerprint density at radius 2 is 1.78 bits per heavy atom. The molecule has 2 fully saturated rings. The second kappa shape index (κ2) is 14.7. The van der Waals surface area contributed by atoms with Crippen LogP contribution in [0.25, 0.3) is 22.5 Å². The zero-order valence-corrected chi connectivity index (χ0v) is 26.7. The molecular weight excluding hydrogens is 632 g/mol. The van der Waals surface area contributed by atoms with Gasteiger partial charge in [0.2, 0.25) is 11.8 Å². The van der Waals surface area contributed by atoms with Crippen molar-refractivity contribution < 1.29 is 18.7 Å². The van der Waals surface area contributed by atoms with E-state index in [0.29, 0.717) is 82.3 Å². The zero-order chi connectivity index (χ0) is 32.0. The van der Waals surface area contributed by atoms with E-state index in [9.17, 15) is 4.79 Å². The van der Waals surface area contributed by atoms with Gasteiger partial charge in [-0.3, -0.25) is 9.78 Å². The lowest BCUT2D eigenvalue weighted by atomic mass is 10.1. The van der Waals surface area contributed by atoms with Crippen molar-refractivity contribution in [2.24, 2.45) is 0 Å². The number of ether oxygens (including phenoxy) is 2. The molecule has 0 radical (unpaired) electrons. The molecule has 46 heavy (non-hydrogen) atoms. The highest BCUT2D eigenvalue weighted by Gasteiger charge is 2.22. The van der Waals surface area contributed by atoms with E-state index in [0.717, 1.165) is 25.0 Å². The summed E-state index contributed by atoms with van der Waals surface area (Å²) in [6.45, 7) is 2.97. The fourth-order valence-electron chi connectivity index (χ4n) is 5.43. The Morgan fingerprint density at radius 3 is 2.54 bits per heavy atom. The van der Waals surface area contributed by atoms with E-state index in [2.05, 4.69) is 31.2 Å². The minimum atomic E-state index is -0.465. The Hall–Kier alpha value is -3.87. The summed E-state index contributed by atoms with van der Waals surface area (Å²) < 4.78 is 26.4. The summed E-state index contributed by atoms with van der Waals surface area (Å²) in [7, 11) is 1.57. The number of nitrogens with one attached hydrogen (secondary N) is 4. The van der Waals surface area contributed by atoms with Gasteiger partial charge < -0.3 is 30.7 Å². The molecule has 2 saturated heterocycles. The Bertz CT molecular complexity index is 1720. The van der Waals surface area contributed by atoms with Crippen molar-refractivity contribution in [1.29, 1.82) is 0 Å². The molecule has 0 unspecified atom stereocenters. The van der Waals surface area contributed by atoms with Crippen LogP contribution in [0.2, 0.25) is 10.0 Å². The van der Waals surface area contributed by atoms with Crippen molar-refractivity contribution in [3.8, 4) is 28.4 Å². The summed E-state index contributed by atoms with van der Waals surface area (Å²) in [6, 6.07) is 12.7. The molecular formula is C33H34Cl2FN7O3. The van der Waals surface area contributed by atoms with Gasteiger partial charge in [0.25, 0.3) is 0 Å². The first-order valence-corrected chi connectivity index (χ1v) is 15.9. The number of anilines is 2. The maximum Gasteiger partial charge on any atom is 0.220 e. The largest absolute Gasteiger partial charge is 0.481 e. The van der Waals surface area contributed by atoms with Gasteiger partial charge in [-0.2, -0.15) is 0 Å². The second-order valence-corrected chi connectivity index (χ2v) is 11.9. The highest BCUT2D eigenvalue weighted by Crippen LogP contribution is 2.41. The van der Waals surface area contributed by atoms with Crippen LogP contribution in [0.5, 0.6) is 5.88 Å². The molecule has 4 N–H and O–H groups in total. The molecule has 1 amide bonds. The van der Waals surface area contributed by atoms with Crippen LogP contribution in [0.3, 0.4) is 0 Å². The van der Waals surface area contributed by atoms with E-state index in [-0.39, 0.29) is 23.9 Å². The van der Waals surface area contributed by atoms with Gasteiger partial charge in [0.1, 0.15) is 0 Å². The van der Waals surface area contributed by atoms with Gasteiger partial charge in [-0.1, -0.05) is 41.4 Å². The van der Waals surface area contributed by atoms with Crippen LogP contribution in [0, 0.1) is 5.82 Å². The number of methoxy groups -OCH3 is 1. The van der Waals surface area contributed by atoms with E-state index in [4.69, 9.17) is 37.7 Å². The van der Waals surface area contributed by atoms with E-state index in [1.54, 1.807) is 49.8 Å². The quantitative estimate of drug-likeness (QED) is 0.143. The normalized spacial score (nSPS) is 17.4. The number of carbonyl (C=O) groups excluding carboxylic acids is 1. The first-order chi connectivity index (χ1) is 22.4. The van der Waals surface area contributed by atoms with Crippen LogP contribution in [0.15, 0.2) is 54.9 Å². The molecule has 2 atom stereocenters. The molecule has 2 aliphatic heterocycles. The Labute approximate surface area is 276 Å². The molecule has 10 nitrogen and oxygen atoms in total. The van der Waals surface area contributed by atoms with Crippen LogP contribution >= 0.6 is 23.2 Å². The monoisotopic (exact) mass is 665 g/mol. The van der Waals surface area contributed by atoms with Crippen molar-refractivity contribution in [2.75, 3.05) is 32.1 Å². The van der Waals surface area contributed by atoms with Crippen LogP contribution < -0.4 is 26.0 Å². The number of nitrogens with zero attached hydrogens (tertiary/aromatic N) is 3. The van der Waals surface area contributed by atoms with E-state index < -0.39 is 5.82 Å². The summed E-state index contributed by atoms with van der Waals surface area (Å²) in [5.41, 5.74) is 4.06. The third-order valence-electron chi connectivity index (χ3n) is 8.05. The molecule has 3 aromatic heterocycles. The number of benzene rings is 1. The fourth-order valence-corrected chi connectivity index (χ4v) is 6.00. The van der Waals surface area contributed by atoms with Gasteiger partial charge in [0.15, 0.2) is 11.6 Å². The topological polar surface area (TPSA) is 122 Å². The Balaban J connectivity index is 1.19. The average molecular weight is 667 g/mol. The lowest BCUT2D eigenvalue weighted by Gasteiger charge is -2.26. The predicted molar refractivity (Wildman–Crippen MR) is 176 cm³/mol. The molecule has 0 spiro atoms. The highest BCUT2D eigenvalue weighted by atomic mass is 35.5. The summed E-state index contributed by atoms with van der Waals surface area (Å²) >= 11 is 13.8. The lowest BCUT2D eigenvalue weighted by molar-refractivity contribution is -0.119. The molecule has 2 aliphatic rings. The van der Waals surface area contributed by atoms with Crippen LogP contribution in [-0.2, 0) is 22.6 Å².